The van der Waals surface area contributed by atoms with Crippen LogP contribution in [-0.2, 0) is 20.4 Å². The molecule has 188 valence electrons. The summed E-state index contributed by atoms with van der Waals surface area (Å²) >= 11 is 0.637. The number of carbonyl (C=O) groups excluding carboxylic acids is 1. The van der Waals surface area contributed by atoms with Crippen LogP contribution in [0.15, 0.2) is 12.3 Å². The van der Waals surface area contributed by atoms with E-state index in [0.29, 0.717) is 48.7 Å². The highest BCUT2D eigenvalue weighted by Gasteiger charge is 2.36. The summed E-state index contributed by atoms with van der Waals surface area (Å²) in [6, 6.07) is 2.00. The SMILES string of the molecule is COC(=O)CC(C)c1cnc(N(CC(C)C)C2CCOCC2)c(Nc2nc(C(F)(F)F)ns2)c1. The molecule has 0 saturated carbocycles. The number of methoxy groups -OCH3 is 1. The molecule has 34 heavy (non-hydrogen) atoms. The second-order valence-corrected chi connectivity index (χ2v) is 9.51. The Hall–Kier alpha value is -2.47. The van der Waals surface area contributed by atoms with E-state index in [-0.39, 0.29) is 29.5 Å². The lowest BCUT2D eigenvalue weighted by Crippen LogP contribution is -2.42. The molecule has 0 aliphatic carbocycles. The van der Waals surface area contributed by atoms with Crippen molar-refractivity contribution in [3.63, 3.8) is 0 Å². The fourth-order valence-corrected chi connectivity index (χ4v) is 4.42. The van der Waals surface area contributed by atoms with Crippen molar-refractivity contribution in [1.29, 1.82) is 0 Å². The van der Waals surface area contributed by atoms with E-state index in [0.717, 1.165) is 18.4 Å². The summed E-state index contributed by atoms with van der Waals surface area (Å²) in [4.78, 5) is 22.3. The van der Waals surface area contributed by atoms with Crippen LogP contribution in [0.2, 0.25) is 0 Å². The van der Waals surface area contributed by atoms with E-state index >= 15 is 0 Å². The van der Waals surface area contributed by atoms with Crippen molar-refractivity contribution < 1.29 is 27.4 Å². The minimum absolute atomic E-state index is 0.0182. The van der Waals surface area contributed by atoms with Crippen molar-refractivity contribution in [2.75, 3.05) is 37.1 Å². The van der Waals surface area contributed by atoms with Gasteiger partial charge in [0.25, 0.3) is 0 Å². The van der Waals surface area contributed by atoms with Gasteiger partial charge in [-0.3, -0.25) is 4.79 Å². The quantitative estimate of drug-likeness (QED) is 0.480. The molecule has 1 N–H and O–H groups in total. The van der Waals surface area contributed by atoms with Crippen molar-refractivity contribution in [2.24, 2.45) is 5.92 Å². The highest BCUT2D eigenvalue weighted by atomic mass is 32.1. The Kier molecular flexibility index (Phi) is 8.69. The third kappa shape index (κ3) is 6.78. The molecule has 1 unspecified atom stereocenters. The zero-order valence-corrected chi connectivity index (χ0v) is 20.5. The van der Waals surface area contributed by atoms with Gasteiger partial charge in [0.1, 0.15) is 0 Å². The van der Waals surface area contributed by atoms with Gasteiger partial charge in [-0.25, -0.2) is 4.98 Å². The standard InChI is InChI=1S/C22H30F3N5O3S/c1-13(2)12-30(16-5-7-33-8-6-16)19-17(27-21-28-20(29-34-21)22(23,24)25)10-15(11-26-19)14(3)9-18(31)32-4/h10-11,13-14,16H,5-9,12H2,1-4H3,(H,27,28,29). The van der Waals surface area contributed by atoms with Crippen LogP contribution >= 0.6 is 11.5 Å². The first kappa shape index (κ1) is 26.1. The number of nitrogens with one attached hydrogen (secondary N) is 1. The molecular formula is C22H30F3N5O3S. The molecule has 3 heterocycles. The summed E-state index contributed by atoms with van der Waals surface area (Å²) in [6.45, 7) is 8.07. The zero-order chi connectivity index (χ0) is 24.9. The lowest BCUT2D eigenvalue weighted by atomic mass is 9.98. The molecule has 1 fully saturated rings. The molecule has 1 saturated heterocycles. The number of nitrogens with zero attached hydrogens (tertiary/aromatic N) is 4. The number of esters is 1. The van der Waals surface area contributed by atoms with Gasteiger partial charge in [-0.1, -0.05) is 20.8 Å². The molecule has 3 rings (SSSR count). The van der Waals surface area contributed by atoms with E-state index in [1.165, 1.54) is 7.11 Å². The Morgan fingerprint density at radius 1 is 1.32 bits per heavy atom. The van der Waals surface area contributed by atoms with Crippen LogP contribution < -0.4 is 10.2 Å². The number of halogens is 3. The number of anilines is 3. The van der Waals surface area contributed by atoms with Crippen LogP contribution in [0.25, 0.3) is 0 Å². The fourth-order valence-electron chi connectivity index (χ4n) is 3.82. The summed E-state index contributed by atoms with van der Waals surface area (Å²) in [7, 11) is 1.33. The lowest BCUT2D eigenvalue weighted by molar-refractivity contribution is -0.144. The van der Waals surface area contributed by atoms with Crippen LogP contribution in [-0.4, -0.2) is 53.2 Å². The van der Waals surface area contributed by atoms with E-state index in [1.54, 1.807) is 6.20 Å². The van der Waals surface area contributed by atoms with Gasteiger partial charge in [0, 0.05) is 43.5 Å². The number of hydrogen-bond acceptors (Lipinski definition) is 9. The van der Waals surface area contributed by atoms with Crippen LogP contribution in [0.5, 0.6) is 0 Å². The largest absolute Gasteiger partial charge is 0.469 e. The average Bonchev–Trinajstić information content (AvgIpc) is 3.27. The maximum absolute atomic E-state index is 13.0. The van der Waals surface area contributed by atoms with Gasteiger partial charge in [-0.05, 0) is 36.3 Å². The first-order valence-electron chi connectivity index (χ1n) is 11.2. The topological polar surface area (TPSA) is 89.5 Å². The first-order chi connectivity index (χ1) is 16.1. The van der Waals surface area contributed by atoms with Gasteiger partial charge in [0.2, 0.25) is 11.0 Å². The summed E-state index contributed by atoms with van der Waals surface area (Å²) in [6.07, 6.45) is -1.11. The predicted octanol–water partition coefficient (Wildman–Crippen LogP) is 5.00. The fraction of sp³-hybridized carbons (Fsp3) is 0.636. The van der Waals surface area contributed by atoms with Gasteiger partial charge in [-0.2, -0.15) is 22.5 Å². The number of aromatic nitrogens is 3. The van der Waals surface area contributed by atoms with E-state index in [2.05, 4.69) is 33.4 Å². The van der Waals surface area contributed by atoms with Gasteiger partial charge >= 0.3 is 12.1 Å². The molecular weight excluding hydrogens is 471 g/mol. The Morgan fingerprint density at radius 3 is 2.62 bits per heavy atom. The minimum Gasteiger partial charge on any atom is -0.469 e. The molecule has 2 aromatic rings. The number of hydrogen-bond donors (Lipinski definition) is 1. The van der Waals surface area contributed by atoms with Crippen LogP contribution in [0.3, 0.4) is 0 Å². The molecule has 12 heteroatoms. The summed E-state index contributed by atoms with van der Waals surface area (Å²) < 4.78 is 52.8. The Labute approximate surface area is 201 Å². The third-order valence-electron chi connectivity index (χ3n) is 5.54. The zero-order valence-electron chi connectivity index (χ0n) is 19.7. The van der Waals surface area contributed by atoms with Gasteiger partial charge < -0.3 is 19.7 Å². The number of ether oxygens (including phenoxy) is 2. The predicted molar refractivity (Wildman–Crippen MR) is 124 cm³/mol. The van der Waals surface area contributed by atoms with Gasteiger partial charge in [-0.15, -0.1) is 0 Å². The molecule has 1 atom stereocenters. The monoisotopic (exact) mass is 501 g/mol. The third-order valence-corrected chi connectivity index (χ3v) is 6.17. The van der Waals surface area contributed by atoms with Crippen LogP contribution in [0, 0.1) is 5.92 Å². The van der Waals surface area contributed by atoms with E-state index in [1.807, 2.05) is 13.0 Å². The highest BCUT2D eigenvalue weighted by molar-refractivity contribution is 7.09. The van der Waals surface area contributed by atoms with Crippen molar-refractivity contribution in [3.8, 4) is 0 Å². The molecule has 1 aliphatic heterocycles. The number of pyridine rings is 1. The Bertz CT molecular complexity index is 964. The summed E-state index contributed by atoms with van der Waals surface area (Å²) in [5.74, 6) is -0.787. The lowest BCUT2D eigenvalue weighted by Gasteiger charge is -2.37. The highest BCUT2D eigenvalue weighted by Crippen LogP contribution is 2.36. The number of carbonyl (C=O) groups is 1. The van der Waals surface area contributed by atoms with E-state index in [4.69, 9.17) is 14.5 Å². The average molecular weight is 502 g/mol. The summed E-state index contributed by atoms with van der Waals surface area (Å²) in [5, 5.41) is 3.03. The maximum atomic E-state index is 13.0. The van der Waals surface area contributed by atoms with Crippen molar-refractivity contribution in [3.05, 3.63) is 23.7 Å². The number of alkyl halides is 3. The smallest absolute Gasteiger partial charge is 0.452 e. The second-order valence-electron chi connectivity index (χ2n) is 8.76. The molecule has 8 nitrogen and oxygen atoms in total. The van der Waals surface area contributed by atoms with Crippen LogP contribution in [0.4, 0.5) is 29.8 Å². The van der Waals surface area contributed by atoms with Crippen LogP contribution in [0.1, 0.15) is 57.3 Å². The van der Waals surface area contributed by atoms with Gasteiger partial charge in [0.05, 0.1) is 19.2 Å². The molecule has 0 aromatic carbocycles. The van der Waals surface area contributed by atoms with Gasteiger partial charge in [0.15, 0.2) is 5.82 Å². The minimum atomic E-state index is -4.62. The van der Waals surface area contributed by atoms with E-state index in [9.17, 15) is 18.0 Å². The van der Waals surface area contributed by atoms with Crippen molar-refractivity contribution in [1.82, 2.24) is 14.3 Å². The molecule has 2 aromatic heterocycles. The van der Waals surface area contributed by atoms with Crippen molar-refractivity contribution >= 4 is 34.1 Å². The van der Waals surface area contributed by atoms with Crippen molar-refractivity contribution in [2.45, 2.75) is 58.2 Å². The second kappa shape index (κ2) is 11.3. The Balaban J connectivity index is 2.00. The molecule has 0 bridgehead atoms. The molecule has 0 amide bonds. The van der Waals surface area contributed by atoms with E-state index < -0.39 is 12.0 Å². The maximum Gasteiger partial charge on any atom is 0.452 e. The Morgan fingerprint density at radius 2 is 2.03 bits per heavy atom. The normalized spacial score (nSPS) is 15.9. The first-order valence-corrected chi connectivity index (χ1v) is 11.9. The molecule has 1 aliphatic rings. The summed E-state index contributed by atoms with van der Waals surface area (Å²) in [5.41, 5.74) is 1.28. The molecule has 0 spiro atoms. The molecule has 0 radical (unpaired) electrons. The number of rotatable bonds is 9.